The van der Waals surface area contributed by atoms with E-state index in [0.717, 1.165) is 36.5 Å². The first-order valence-corrected chi connectivity index (χ1v) is 10.7. The van der Waals surface area contributed by atoms with E-state index in [1.54, 1.807) is 6.20 Å². The molecule has 6 nitrogen and oxygen atoms in total. The van der Waals surface area contributed by atoms with Gasteiger partial charge in [-0.25, -0.2) is 9.78 Å². The van der Waals surface area contributed by atoms with E-state index >= 15 is 0 Å². The number of nitrogens with zero attached hydrogens (tertiary/aromatic N) is 2. The number of hydrogen-bond donors (Lipinski definition) is 2. The van der Waals surface area contributed by atoms with Gasteiger partial charge >= 0.3 is 6.03 Å². The van der Waals surface area contributed by atoms with Crippen molar-refractivity contribution in [3.05, 3.63) is 95.7 Å². The van der Waals surface area contributed by atoms with Gasteiger partial charge in [0.25, 0.3) is 0 Å². The summed E-state index contributed by atoms with van der Waals surface area (Å²) in [5, 5.41) is 6.16. The van der Waals surface area contributed by atoms with Gasteiger partial charge in [0, 0.05) is 31.4 Å². The number of carbonyl (C=O) groups excluding carboxylic acids is 1. The molecule has 2 amide bonds. The molecule has 0 bridgehead atoms. The van der Waals surface area contributed by atoms with Gasteiger partial charge in [-0.1, -0.05) is 66.7 Å². The first kappa shape index (κ1) is 20.9. The number of aromatic nitrogens is 1. The summed E-state index contributed by atoms with van der Waals surface area (Å²) in [6.45, 7) is 3.43. The zero-order valence-electron chi connectivity index (χ0n) is 17.5. The highest BCUT2D eigenvalue weighted by molar-refractivity contribution is 5.74. The van der Waals surface area contributed by atoms with Crippen molar-refractivity contribution in [1.29, 1.82) is 0 Å². The second-order valence-corrected chi connectivity index (χ2v) is 7.57. The molecule has 1 unspecified atom stereocenters. The molecule has 1 aromatic heterocycles. The Balaban J connectivity index is 1.41. The van der Waals surface area contributed by atoms with Crippen molar-refractivity contribution in [2.24, 2.45) is 0 Å². The molecule has 3 aromatic rings. The first-order valence-electron chi connectivity index (χ1n) is 10.7. The standard InChI is InChI=1S/C25H28N4O2/c30-25(27-19-22-12-7-13-26-24(22)29-14-16-31-17-15-29)28-23(21-10-5-2-6-11-21)18-20-8-3-1-4-9-20/h1-13,23H,14-19H2,(H2,27,28,30). The van der Waals surface area contributed by atoms with E-state index in [-0.39, 0.29) is 12.1 Å². The summed E-state index contributed by atoms with van der Waals surface area (Å²) in [6.07, 6.45) is 2.52. The Hall–Kier alpha value is -3.38. The lowest BCUT2D eigenvalue weighted by Crippen LogP contribution is -2.40. The maximum atomic E-state index is 12.8. The lowest BCUT2D eigenvalue weighted by Gasteiger charge is -2.29. The number of urea groups is 1. The monoisotopic (exact) mass is 416 g/mol. The molecule has 2 aromatic carbocycles. The highest BCUT2D eigenvalue weighted by atomic mass is 16.5. The number of anilines is 1. The largest absolute Gasteiger partial charge is 0.378 e. The number of hydrogen-bond acceptors (Lipinski definition) is 4. The highest BCUT2D eigenvalue weighted by Gasteiger charge is 2.18. The summed E-state index contributed by atoms with van der Waals surface area (Å²) in [5.41, 5.74) is 3.26. The number of benzene rings is 2. The number of rotatable bonds is 7. The van der Waals surface area contributed by atoms with Crippen LogP contribution in [0.4, 0.5) is 10.6 Å². The Morgan fingerprint density at radius 2 is 1.68 bits per heavy atom. The van der Waals surface area contributed by atoms with Gasteiger partial charge in [-0.2, -0.15) is 0 Å². The van der Waals surface area contributed by atoms with Crippen molar-refractivity contribution in [2.45, 2.75) is 19.0 Å². The fourth-order valence-corrected chi connectivity index (χ4v) is 3.80. The number of morpholine rings is 1. The minimum atomic E-state index is -0.193. The van der Waals surface area contributed by atoms with Crippen LogP contribution in [0.25, 0.3) is 0 Å². The summed E-state index contributed by atoms with van der Waals surface area (Å²) >= 11 is 0. The number of amides is 2. The Labute approximate surface area is 183 Å². The van der Waals surface area contributed by atoms with E-state index in [1.807, 2.05) is 60.7 Å². The minimum Gasteiger partial charge on any atom is -0.378 e. The summed E-state index contributed by atoms with van der Waals surface area (Å²) in [7, 11) is 0. The van der Waals surface area contributed by atoms with Crippen molar-refractivity contribution in [3.8, 4) is 0 Å². The molecule has 31 heavy (non-hydrogen) atoms. The topological polar surface area (TPSA) is 66.5 Å². The zero-order chi connectivity index (χ0) is 21.3. The number of pyridine rings is 1. The first-order chi connectivity index (χ1) is 15.3. The highest BCUT2D eigenvalue weighted by Crippen LogP contribution is 2.20. The van der Waals surface area contributed by atoms with Gasteiger partial charge in [-0.05, 0) is 23.6 Å². The predicted molar refractivity (Wildman–Crippen MR) is 122 cm³/mol. The molecule has 2 N–H and O–H groups in total. The van der Waals surface area contributed by atoms with Gasteiger partial charge in [0.2, 0.25) is 0 Å². The molecule has 1 fully saturated rings. The van der Waals surface area contributed by atoms with Crippen molar-refractivity contribution >= 4 is 11.8 Å². The van der Waals surface area contributed by atoms with Crippen molar-refractivity contribution in [2.75, 3.05) is 31.2 Å². The SMILES string of the molecule is O=C(NCc1cccnc1N1CCOCC1)NC(Cc1ccccc1)c1ccccc1. The van der Waals surface area contributed by atoms with Crippen LogP contribution in [0.2, 0.25) is 0 Å². The van der Waals surface area contributed by atoms with Crippen LogP contribution in [-0.4, -0.2) is 37.3 Å². The average Bonchev–Trinajstić information content (AvgIpc) is 2.84. The molecule has 4 rings (SSSR count). The van der Waals surface area contributed by atoms with E-state index in [9.17, 15) is 4.79 Å². The van der Waals surface area contributed by atoms with Gasteiger partial charge in [-0.3, -0.25) is 0 Å². The molecule has 1 aliphatic rings. The van der Waals surface area contributed by atoms with Crippen LogP contribution < -0.4 is 15.5 Å². The fourth-order valence-electron chi connectivity index (χ4n) is 3.80. The predicted octanol–water partition coefficient (Wildman–Crippen LogP) is 3.70. The number of carbonyl (C=O) groups is 1. The van der Waals surface area contributed by atoms with Crippen molar-refractivity contribution in [3.63, 3.8) is 0 Å². The second kappa shape index (κ2) is 10.6. The Kier molecular flexibility index (Phi) is 7.13. The quantitative estimate of drug-likeness (QED) is 0.616. The van der Waals surface area contributed by atoms with Gasteiger partial charge in [-0.15, -0.1) is 0 Å². The third-order valence-corrected chi connectivity index (χ3v) is 5.41. The zero-order valence-corrected chi connectivity index (χ0v) is 17.5. The van der Waals surface area contributed by atoms with E-state index in [4.69, 9.17) is 4.74 Å². The Morgan fingerprint density at radius 1 is 0.968 bits per heavy atom. The third kappa shape index (κ3) is 5.83. The molecule has 160 valence electrons. The minimum absolute atomic E-state index is 0.115. The summed E-state index contributed by atoms with van der Waals surface area (Å²) < 4.78 is 5.44. The van der Waals surface area contributed by atoms with E-state index < -0.39 is 0 Å². The van der Waals surface area contributed by atoms with Crippen LogP contribution in [0.5, 0.6) is 0 Å². The lowest BCUT2D eigenvalue weighted by molar-refractivity contribution is 0.122. The van der Waals surface area contributed by atoms with E-state index in [0.29, 0.717) is 19.8 Å². The van der Waals surface area contributed by atoms with Gasteiger partial charge in [0.1, 0.15) is 5.82 Å². The van der Waals surface area contributed by atoms with Crippen LogP contribution >= 0.6 is 0 Å². The molecule has 1 saturated heterocycles. The molecule has 1 aliphatic heterocycles. The van der Waals surface area contributed by atoms with Crippen molar-refractivity contribution in [1.82, 2.24) is 15.6 Å². The molecule has 0 spiro atoms. The average molecular weight is 417 g/mol. The van der Waals surface area contributed by atoms with Gasteiger partial charge in [0.05, 0.1) is 19.3 Å². The van der Waals surface area contributed by atoms with Crippen LogP contribution in [0.3, 0.4) is 0 Å². The normalized spacial score (nSPS) is 14.6. The molecule has 1 atom stereocenters. The molecular weight excluding hydrogens is 388 g/mol. The van der Waals surface area contributed by atoms with Crippen LogP contribution in [-0.2, 0) is 17.7 Å². The van der Waals surface area contributed by atoms with Crippen molar-refractivity contribution < 1.29 is 9.53 Å². The van der Waals surface area contributed by atoms with Crippen LogP contribution in [0, 0.1) is 0 Å². The number of ether oxygens (including phenoxy) is 1. The van der Waals surface area contributed by atoms with Gasteiger partial charge in [0.15, 0.2) is 0 Å². The van der Waals surface area contributed by atoms with Gasteiger partial charge < -0.3 is 20.3 Å². The molecule has 2 heterocycles. The van der Waals surface area contributed by atoms with Crippen LogP contribution in [0.15, 0.2) is 79.0 Å². The molecule has 0 radical (unpaired) electrons. The molecule has 6 heteroatoms. The second-order valence-electron chi connectivity index (χ2n) is 7.57. The maximum Gasteiger partial charge on any atom is 0.315 e. The Bertz CT molecular complexity index is 960. The third-order valence-electron chi connectivity index (χ3n) is 5.41. The molecular formula is C25H28N4O2. The molecule has 0 aliphatic carbocycles. The van der Waals surface area contributed by atoms with Crippen LogP contribution in [0.1, 0.15) is 22.7 Å². The molecule has 0 saturated carbocycles. The summed E-state index contributed by atoms with van der Waals surface area (Å²) in [6, 6.07) is 23.9. The number of nitrogens with one attached hydrogen (secondary N) is 2. The maximum absolute atomic E-state index is 12.8. The summed E-state index contributed by atoms with van der Waals surface area (Å²) in [4.78, 5) is 19.6. The van der Waals surface area contributed by atoms with E-state index in [2.05, 4.69) is 32.7 Å². The fraction of sp³-hybridized carbons (Fsp3) is 0.280. The lowest BCUT2D eigenvalue weighted by atomic mass is 9.99. The van der Waals surface area contributed by atoms with E-state index in [1.165, 1.54) is 5.56 Å². The Morgan fingerprint density at radius 3 is 2.42 bits per heavy atom. The smallest absolute Gasteiger partial charge is 0.315 e. The summed E-state index contributed by atoms with van der Waals surface area (Å²) in [5.74, 6) is 0.912.